The van der Waals surface area contributed by atoms with Gasteiger partial charge in [-0.05, 0) is 48.9 Å². The Kier molecular flexibility index (Phi) is 9.18. The topological polar surface area (TPSA) is 99.2 Å². The summed E-state index contributed by atoms with van der Waals surface area (Å²) < 4.78 is 93.7. The van der Waals surface area contributed by atoms with Gasteiger partial charge in [-0.25, -0.2) is 4.39 Å². The van der Waals surface area contributed by atoms with E-state index in [1.54, 1.807) is 30.3 Å². The minimum atomic E-state index is -6.28. The van der Waals surface area contributed by atoms with Crippen LogP contribution in [-0.4, -0.2) is 48.8 Å². The molecule has 3 rings (SSSR count). The second kappa shape index (κ2) is 12.1. The van der Waals surface area contributed by atoms with Crippen LogP contribution in [0.25, 0.3) is 0 Å². The molecule has 0 aromatic heterocycles. The van der Waals surface area contributed by atoms with E-state index < -0.39 is 35.4 Å². The first kappa shape index (κ1) is 31.9. The van der Waals surface area contributed by atoms with Crippen molar-refractivity contribution in [2.75, 3.05) is 23.4 Å². The Labute approximate surface area is 235 Å². The van der Waals surface area contributed by atoms with Crippen LogP contribution >= 0.6 is 0 Å². The van der Waals surface area contributed by atoms with E-state index in [-0.39, 0.29) is 41.3 Å². The van der Waals surface area contributed by atoms with Gasteiger partial charge in [0.1, 0.15) is 5.84 Å². The van der Waals surface area contributed by atoms with Crippen molar-refractivity contribution in [1.82, 2.24) is 0 Å². The van der Waals surface area contributed by atoms with Gasteiger partial charge < -0.3 is 20.7 Å². The number of rotatable bonds is 8. The molecule has 0 fully saturated rings. The van der Waals surface area contributed by atoms with Crippen LogP contribution in [0.3, 0.4) is 0 Å². The fourth-order valence-corrected chi connectivity index (χ4v) is 4.20. The van der Waals surface area contributed by atoms with E-state index in [1.165, 1.54) is 36.2 Å². The molecule has 0 unspecified atom stereocenters. The Hall–Kier alpha value is -4.62. The highest BCUT2D eigenvalue weighted by molar-refractivity contribution is 6.09. The summed E-state index contributed by atoms with van der Waals surface area (Å²) in [5, 5.41) is 11.8. The van der Waals surface area contributed by atoms with Gasteiger partial charge in [0.15, 0.2) is 0 Å². The number of nitrogens with zero attached hydrogens (tertiary/aromatic N) is 3. The van der Waals surface area contributed by atoms with Crippen LogP contribution in [0.15, 0.2) is 78.0 Å². The summed E-state index contributed by atoms with van der Waals surface area (Å²) in [6, 6.07) is 15.4. The van der Waals surface area contributed by atoms with Gasteiger partial charge in [-0.3, -0.25) is 9.59 Å². The molecule has 7 nitrogen and oxygen atoms in total. The average molecular weight is 599 g/mol. The van der Waals surface area contributed by atoms with Crippen molar-refractivity contribution in [3.8, 4) is 0 Å². The number of hydrogen-bond acceptors (Lipinski definition) is 4. The van der Waals surface area contributed by atoms with Crippen LogP contribution in [0.5, 0.6) is 0 Å². The Bertz CT molecular complexity index is 1460. The fourth-order valence-electron chi connectivity index (χ4n) is 4.20. The van der Waals surface area contributed by atoms with E-state index in [9.17, 15) is 40.3 Å². The summed E-state index contributed by atoms with van der Waals surface area (Å²) in [5.74, 6) is -1.34. The maximum absolute atomic E-state index is 14.5. The van der Waals surface area contributed by atoms with E-state index in [4.69, 9.17) is 10.9 Å². The van der Waals surface area contributed by atoms with Gasteiger partial charge in [-0.2, -0.15) is 26.3 Å². The molecule has 0 bridgehead atoms. The quantitative estimate of drug-likeness (QED) is 0.104. The number of nitrogens with two attached hydrogens (primary N) is 1. The lowest BCUT2D eigenvalue weighted by atomic mass is 9.92. The lowest BCUT2D eigenvalue weighted by Gasteiger charge is -2.31. The highest BCUT2D eigenvalue weighted by Gasteiger charge is 2.73. The molecule has 0 saturated carbocycles. The predicted octanol–water partition coefficient (Wildman–Crippen LogP) is 6.34. The summed E-state index contributed by atoms with van der Waals surface area (Å²) in [6.07, 6.45) is -12.6. The maximum Gasteiger partial charge on any atom is 0.435 e. The summed E-state index contributed by atoms with van der Waals surface area (Å²) in [4.78, 5) is 28.9. The number of carbonyl (C=O) groups is 2. The molecule has 224 valence electrons. The van der Waals surface area contributed by atoms with Gasteiger partial charge >= 0.3 is 18.0 Å². The Balaban J connectivity index is 1.97. The maximum atomic E-state index is 14.5. The Morgan fingerprint density at radius 3 is 1.98 bits per heavy atom. The molecule has 3 aromatic carbocycles. The minimum Gasteiger partial charge on any atom is -0.409 e. The molecule has 0 aliphatic rings. The SMILES string of the molecule is Cc1cc(C(F)(C(F)(F)F)C(F)(F)F)ccc1N(C)C(=O)c1cccc(N(CCC(N)=NO)C(=O)c2ccccc2)c1. The molecule has 0 saturated heterocycles. The number of amidine groups is 1. The van der Waals surface area contributed by atoms with Crippen LogP contribution in [0.1, 0.15) is 38.3 Å². The van der Waals surface area contributed by atoms with E-state index >= 15 is 0 Å². The van der Waals surface area contributed by atoms with Crippen molar-refractivity contribution in [2.45, 2.75) is 31.4 Å². The van der Waals surface area contributed by atoms with E-state index in [1.807, 2.05) is 0 Å². The third kappa shape index (κ3) is 6.31. The lowest BCUT2D eigenvalue weighted by Crippen LogP contribution is -2.50. The first-order valence-corrected chi connectivity index (χ1v) is 12.2. The number of aryl methyl sites for hydroxylation is 1. The zero-order valence-electron chi connectivity index (χ0n) is 22.2. The summed E-state index contributed by atoms with van der Waals surface area (Å²) >= 11 is 0. The van der Waals surface area contributed by atoms with Gasteiger partial charge in [0, 0.05) is 48.1 Å². The van der Waals surface area contributed by atoms with Crippen LogP contribution in [0, 0.1) is 6.92 Å². The Morgan fingerprint density at radius 2 is 1.43 bits per heavy atom. The van der Waals surface area contributed by atoms with E-state index in [0.29, 0.717) is 17.7 Å². The minimum absolute atomic E-state index is 0.0126. The molecule has 3 N–H and O–H groups in total. The van der Waals surface area contributed by atoms with Crippen LogP contribution in [0.2, 0.25) is 0 Å². The van der Waals surface area contributed by atoms with Crippen molar-refractivity contribution >= 4 is 29.0 Å². The van der Waals surface area contributed by atoms with Crippen LogP contribution < -0.4 is 15.5 Å². The van der Waals surface area contributed by atoms with Crippen LogP contribution in [-0.2, 0) is 5.67 Å². The third-order valence-corrected chi connectivity index (χ3v) is 6.43. The summed E-state index contributed by atoms with van der Waals surface area (Å²) in [6.45, 7) is 1.10. The van der Waals surface area contributed by atoms with E-state index in [2.05, 4.69) is 5.16 Å². The Morgan fingerprint density at radius 1 is 0.833 bits per heavy atom. The molecular formula is C28H25F7N4O3. The van der Waals surface area contributed by atoms with Gasteiger partial charge in [0.05, 0.1) is 0 Å². The molecule has 0 aliphatic heterocycles. The molecule has 14 heteroatoms. The predicted molar refractivity (Wildman–Crippen MR) is 141 cm³/mol. The zero-order valence-corrected chi connectivity index (χ0v) is 22.2. The monoisotopic (exact) mass is 598 g/mol. The first-order valence-electron chi connectivity index (χ1n) is 12.2. The van der Waals surface area contributed by atoms with Crippen molar-refractivity contribution in [1.29, 1.82) is 0 Å². The van der Waals surface area contributed by atoms with E-state index in [0.717, 1.165) is 17.9 Å². The molecule has 2 amide bonds. The molecule has 3 aromatic rings. The zero-order chi connectivity index (χ0) is 31.5. The summed E-state index contributed by atoms with van der Waals surface area (Å²) in [7, 11) is 1.23. The highest BCUT2D eigenvalue weighted by atomic mass is 19.4. The van der Waals surface area contributed by atoms with Crippen LogP contribution in [0.4, 0.5) is 42.1 Å². The number of anilines is 2. The smallest absolute Gasteiger partial charge is 0.409 e. The lowest BCUT2D eigenvalue weighted by molar-refractivity contribution is -0.348. The number of alkyl halides is 7. The van der Waals surface area contributed by atoms with Gasteiger partial charge in [-0.15, -0.1) is 0 Å². The standard InChI is InChI=1S/C28H25F7N4O3/c1-17-15-20(26(29,27(30,31)32)28(33,34)35)11-12-22(17)38(2)24(40)19-9-6-10-21(16-19)39(14-13-23(36)37-42)25(41)18-7-4-3-5-8-18/h3-12,15-16,42H,13-14H2,1-2H3,(H2,36,37). The molecule has 0 aliphatic carbocycles. The number of benzene rings is 3. The molecule has 0 heterocycles. The summed E-state index contributed by atoms with van der Waals surface area (Å²) in [5.41, 5.74) is -1.45. The van der Waals surface area contributed by atoms with Gasteiger partial charge in [-0.1, -0.05) is 41.6 Å². The largest absolute Gasteiger partial charge is 0.435 e. The molecule has 0 radical (unpaired) electrons. The van der Waals surface area contributed by atoms with Crippen molar-refractivity contribution in [3.05, 3.63) is 95.1 Å². The normalized spacial score (nSPS) is 12.6. The fraction of sp³-hybridized carbons (Fsp3) is 0.250. The highest BCUT2D eigenvalue weighted by Crippen LogP contribution is 2.53. The average Bonchev–Trinajstić information content (AvgIpc) is 2.95. The molecule has 0 atom stereocenters. The number of halogens is 7. The van der Waals surface area contributed by atoms with Gasteiger partial charge in [0.25, 0.3) is 11.8 Å². The molecular weight excluding hydrogens is 573 g/mol. The van der Waals surface area contributed by atoms with Gasteiger partial charge in [0.2, 0.25) is 0 Å². The number of hydrogen-bond donors (Lipinski definition) is 2. The van der Waals surface area contributed by atoms with Crippen molar-refractivity contribution < 1.29 is 45.5 Å². The number of amides is 2. The third-order valence-electron chi connectivity index (χ3n) is 6.43. The number of carbonyl (C=O) groups excluding carboxylic acids is 2. The van der Waals surface area contributed by atoms with Crippen molar-refractivity contribution in [2.24, 2.45) is 10.9 Å². The number of oxime groups is 1. The second-order valence-electron chi connectivity index (χ2n) is 9.23. The first-order chi connectivity index (χ1) is 19.5. The molecule has 0 spiro atoms. The molecule has 42 heavy (non-hydrogen) atoms. The second-order valence-corrected chi connectivity index (χ2v) is 9.23. The van der Waals surface area contributed by atoms with Crippen molar-refractivity contribution in [3.63, 3.8) is 0 Å².